The first-order valence-electron chi connectivity index (χ1n) is 9.04. The largest absolute Gasteiger partial charge is 0.484 e. The van der Waals surface area contributed by atoms with Gasteiger partial charge in [0.25, 0.3) is 11.8 Å². The third-order valence-electron chi connectivity index (χ3n) is 4.20. The summed E-state index contributed by atoms with van der Waals surface area (Å²) in [4.78, 5) is 27.3. The third-order valence-corrected chi connectivity index (χ3v) is 5.42. The molecule has 3 rings (SSSR count). The van der Waals surface area contributed by atoms with E-state index in [9.17, 15) is 9.59 Å². The van der Waals surface area contributed by atoms with Crippen molar-refractivity contribution >= 4 is 34.8 Å². The van der Waals surface area contributed by atoms with Crippen LogP contribution in [0.15, 0.2) is 66.7 Å². The minimum Gasteiger partial charge on any atom is -0.484 e. The fraction of sp³-hybridized carbons (Fsp3) is 0.182. The Hall–Kier alpha value is -2.83. The number of ether oxygens (including phenoxy) is 1. The Morgan fingerprint density at radius 1 is 1.07 bits per heavy atom. The summed E-state index contributed by atoms with van der Waals surface area (Å²) < 4.78 is 6.29. The first-order valence-corrected chi connectivity index (χ1v) is 10.2. The van der Waals surface area contributed by atoms with E-state index in [1.54, 1.807) is 36.2 Å². The lowest BCUT2D eigenvalue weighted by molar-refractivity contribution is -0.132. The summed E-state index contributed by atoms with van der Waals surface area (Å²) in [6.07, 6.45) is 0. The number of halogens is 1. The lowest BCUT2D eigenvalue weighted by atomic mass is 10.2. The van der Waals surface area contributed by atoms with Crippen molar-refractivity contribution in [2.75, 3.05) is 13.7 Å². The van der Waals surface area contributed by atoms with Crippen LogP contribution in [0.2, 0.25) is 4.34 Å². The quantitative estimate of drug-likeness (QED) is 0.579. The van der Waals surface area contributed by atoms with Gasteiger partial charge in [0.1, 0.15) is 5.75 Å². The fourth-order valence-electron chi connectivity index (χ4n) is 2.62. The normalized spacial score (nSPS) is 10.4. The summed E-state index contributed by atoms with van der Waals surface area (Å²) in [6.45, 7) is 0.812. The van der Waals surface area contributed by atoms with E-state index < -0.39 is 0 Å². The van der Waals surface area contributed by atoms with E-state index in [1.807, 2.05) is 42.5 Å². The molecule has 29 heavy (non-hydrogen) atoms. The van der Waals surface area contributed by atoms with Crippen LogP contribution in [-0.4, -0.2) is 30.4 Å². The molecule has 3 aromatic rings. The minimum absolute atomic E-state index is 0.106. The molecule has 0 aliphatic carbocycles. The van der Waals surface area contributed by atoms with E-state index in [0.29, 0.717) is 28.7 Å². The highest BCUT2D eigenvalue weighted by Crippen LogP contribution is 2.22. The Kier molecular flexibility index (Phi) is 7.27. The number of likely N-dealkylation sites (N-methyl/N-ethyl adjacent to an activating group) is 1. The fourth-order valence-corrected chi connectivity index (χ4v) is 3.76. The first kappa shape index (κ1) is 20.9. The molecule has 5 nitrogen and oxygen atoms in total. The zero-order valence-corrected chi connectivity index (χ0v) is 17.5. The third kappa shape index (κ3) is 6.34. The molecule has 0 saturated heterocycles. The Balaban J connectivity index is 1.51. The summed E-state index contributed by atoms with van der Waals surface area (Å²) in [5, 5.41) is 2.88. The van der Waals surface area contributed by atoms with Gasteiger partial charge in [-0.2, -0.15) is 0 Å². The highest BCUT2D eigenvalue weighted by molar-refractivity contribution is 7.16. The lowest BCUT2D eigenvalue weighted by Gasteiger charge is -2.16. The molecule has 150 valence electrons. The molecule has 0 fully saturated rings. The summed E-state index contributed by atoms with van der Waals surface area (Å²) >= 11 is 7.36. The number of hydrogen-bond donors (Lipinski definition) is 1. The summed E-state index contributed by atoms with van der Waals surface area (Å²) in [6, 6.07) is 20.2. The second kappa shape index (κ2) is 10.1. The number of hydrogen-bond acceptors (Lipinski definition) is 4. The van der Waals surface area contributed by atoms with Crippen molar-refractivity contribution in [2.24, 2.45) is 0 Å². The average molecular weight is 429 g/mol. The maximum atomic E-state index is 12.4. The van der Waals surface area contributed by atoms with Crippen molar-refractivity contribution in [1.82, 2.24) is 10.2 Å². The van der Waals surface area contributed by atoms with Crippen molar-refractivity contribution in [2.45, 2.75) is 13.1 Å². The summed E-state index contributed by atoms with van der Waals surface area (Å²) in [5.74, 6) is 0.115. The van der Waals surface area contributed by atoms with Crippen LogP contribution in [0.25, 0.3) is 0 Å². The number of nitrogens with zero attached hydrogens (tertiary/aromatic N) is 1. The number of amides is 2. The number of nitrogens with one attached hydrogen (secondary N) is 1. The van der Waals surface area contributed by atoms with Gasteiger partial charge in [0.05, 0.1) is 10.9 Å². The topological polar surface area (TPSA) is 58.6 Å². The second-order valence-electron chi connectivity index (χ2n) is 6.44. The minimum atomic E-state index is -0.197. The Morgan fingerprint density at radius 2 is 1.86 bits per heavy atom. The molecule has 0 unspecified atom stereocenters. The van der Waals surface area contributed by atoms with E-state index in [1.165, 1.54) is 11.3 Å². The molecule has 0 saturated carbocycles. The number of carbonyl (C=O) groups is 2. The predicted octanol–water partition coefficient (Wildman–Crippen LogP) is 4.37. The summed E-state index contributed by atoms with van der Waals surface area (Å²) in [5.41, 5.74) is 1.50. The highest BCUT2D eigenvalue weighted by atomic mass is 35.5. The van der Waals surface area contributed by atoms with Crippen LogP contribution in [0, 0.1) is 0 Å². The number of benzene rings is 2. The summed E-state index contributed by atoms with van der Waals surface area (Å²) in [7, 11) is 1.72. The van der Waals surface area contributed by atoms with Crippen LogP contribution < -0.4 is 10.1 Å². The van der Waals surface area contributed by atoms with Crippen LogP contribution in [-0.2, 0) is 17.9 Å². The van der Waals surface area contributed by atoms with Gasteiger partial charge in [-0.25, -0.2) is 0 Å². The van der Waals surface area contributed by atoms with Gasteiger partial charge in [-0.1, -0.05) is 48.0 Å². The molecule has 0 radical (unpaired) electrons. The van der Waals surface area contributed by atoms with Gasteiger partial charge >= 0.3 is 0 Å². The van der Waals surface area contributed by atoms with Gasteiger partial charge in [-0.15, -0.1) is 11.3 Å². The van der Waals surface area contributed by atoms with E-state index in [-0.39, 0.29) is 18.4 Å². The van der Waals surface area contributed by atoms with Gasteiger partial charge in [0.2, 0.25) is 0 Å². The van der Waals surface area contributed by atoms with Crippen LogP contribution in [0.5, 0.6) is 5.75 Å². The lowest BCUT2D eigenvalue weighted by Crippen LogP contribution is -2.30. The number of rotatable bonds is 8. The predicted molar refractivity (Wildman–Crippen MR) is 115 cm³/mol. The number of thiophene rings is 1. The van der Waals surface area contributed by atoms with Crippen LogP contribution in [0.1, 0.15) is 20.8 Å². The van der Waals surface area contributed by atoms with Gasteiger partial charge in [0, 0.05) is 24.0 Å². The molecular formula is C22H21ClN2O3S. The van der Waals surface area contributed by atoms with Gasteiger partial charge in [-0.05, 0) is 35.9 Å². The second-order valence-corrected chi connectivity index (χ2v) is 8.24. The zero-order valence-electron chi connectivity index (χ0n) is 15.9. The molecule has 0 aliphatic rings. The molecular weight excluding hydrogens is 408 g/mol. The van der Waals surface area contributed by atoms with Crippen LogP contribution in [0.3, 0.4) is 0 Å². The van der Waals surface area contributed by atoms with Crippen molar-refractivity contribution in [1.29, 1.82) is 0 Å². The van der Waals surface area contributed by atoms with Gasteiger partial charge in [-0.3, -0.25) is 9.59 Å². The average Bonchev–Trinajstić information content (AvgIpc) is 3.15. The van der Waals surface area contributed by atoms with E-state index in [4.69, 9.17) is 16.3 Å². The van der Waals surface area contributed by atoms with Crippen molar-refractivity contribution < 1.29 is 14.3 Å². The maximum absolute atomic E-state index is 12.4. The molecule has 0 atom stereocenters. The van der Waals surface area contributed by atoms with Crippen molar-refractivity contribution in [3.63, 3.8) is 0 Å². The van der Waals surface area contributed by atoms with Crippen molar-refractivity contribution in [3.8, 4) is 5.75 Å². The Labute approximate surface area is 178 Å². The first-order chi connectivity index (χ1) is 14.0. The van der Waals surface area contributed by atoms with Gasteiger partial charge in [0.15, 0.2) is 6.61 Å². The zero-order chi connectivity index (χ0) is 20.6. The highest BCUT2D eigenvalue weighted by Gasteiger charge is 2.12. The van der Waals surface area contributed by atoms with Crippen LogP contribution in [0.4, 0.5) is 0 Å². The van der Waals surface area contributed by atoms with E-state index >= 15 is 0 Å². The maximum Gasteiger partial charge on any atom is 0.260 e. The molecule has 1 heterocycles. The molecule has 2 amide bonds. The van der Waals surface area contributed by atoms with E-state index in [0.717, 1.165) is 10.4 Å². The molecule has 1 N–H and O–H groups in total. The molecule has 0 bridgehead atoms. The number of carbonyl (C=O) groups excluding carboxylic acids is 2. The molecule has 2 aromatic carbocycles. The van der Waals surface area contributed by atoms with Crippen molar-refractivity contribution in [3.05, 3.63) is 87.1 Å². The smallest absolute Gasteiger partial charge is 0.260 e. The molecule has 7 heteroatoms. The molecule has 0 aliphatic heterocycles. The van der Waals surface area contributed by atoms with Crippen LogP contribution >= 0.6 is 22.9 Å². The standard InChI is InChI=1S/C22H21ClN2O3S/c1-25(14-19-10-11-20(23)29-19)21(26)15-28-18-9-5-8-17(12-18)22(27)24-13-16-6-3-2-4-7-16/h2-12H,13-15H2,1H3,(H,24,27). The monoisotopic (exact) mass is 428 g/mol. The molecule has 1 aromatic heterocycles. The van der Waals surface area contributed by atoms with E-state index in [2.05, 4.69) is 5.32 Å². The van der Waals surface area contributed by atoms with Gasteiger partial charge < -0.3 is 15.0 Å². The SMILES string of the molecule is CN(Cc1ccc(Cl)s1)C(=O)COc1cccc(C(=O)NCc2ccccc2)c1. The molecule has 0 spiro atoms. The Bertz CT molecular complexity index is 975. The Morgan fingerprint density at radius 3 is 2.59 bits per heavy atom.